The maximum Gasteiger partial charge on any atom is 0.257 e. The highest BCUT2D eigenvalue weighted by molar-refractivity contribution is 6.23. The number of oxazole rings is 1. The number of amides is 3. The van der Waals surface area contributed by atoms with Crippen LogP contribution in [0.5, 0.6) is 0 Å². The number of aromatic nitrogens is 1. The molecule has 8 nitrogen and oxygen atoms in total. The lowest BCUT2D eigenvalue weighted by Gasteiger charge is -2.28. The van der Waals surface area contributed by atoms with Crippen molar-refractivity contribution in [1.29, 1.82) is 0 Å². The first-order valence-electron chi connectivity index (χ1n) is 10.7. The number of anilines is 1. The molecule has 2 saturated heterocycles. The molecule has 8 heteroatoms. The van der Waals surface area contributed by atoms with Gasteiger partial charge in [0.15, 0.2) is 5.58 Å². The summed E-state index contributed by atoms with van der Waals surface area (Å²) in [7, 11) is 0. The predicted octanol–water partition coefficient (Wildman–Crippen LogP) is 3.15. The van der Waals surface area contributed by atoms with E-state index in [2.05, 4.69) is 4.98 Å². The molecule has 0 radical (unpaired) electrons. The molecule has 0 N–H and O–H groups in total. The second-order valence-electron chi connectivity index (χ2n) is 8.13. The van der Waals surface area contributed by atoms with Gasteiger partial charge in [-0.15, -0.1) is 0 Å². The lowest BCUT2D eigenvalue weighted by Crippen LogP contribution is -2.47. The molecule has 0 bridgehead atoms. The highest BCUT2D eigenvalue weighted by atomic mass is 16.5. The van der Waals surface area contributed by atoms with Gasteiger partial charge in [0.25, 0.3) is 5.91 Å². The van der Waals surface area contributed by atoms with Gasteiger partial charge in [-0.2, -0.15) is 0 Å². The van der Waals surface area contributed by atoms with Crippen LogP contribution in [0, 0.1) is 0 Å². The molecule has 1 aromatic heterocycles. The topological polar surface area (TPSA) is 92.9 Å². The number of benzene rings is 2. The van der Waals surface area contributed by atoms with E-state index in [1.807, 2.05) is 24.3 Å². The normalized spacial score (nSPS) is 21.0. The zero-order chi connectivity index (χ0) is 22.2. The Morgan fingerprint density at radius 1 is 1.16 bits per heavy atom. The van der Waals surface area contributed by atoms with E-state index in [1.165, 1.54) is 11.8 Å². The molecular weight excluding hydrogens is 410 g/mol. The second kappa shape index (κ2) is 8.20. The van der Waals surface area contributed by atoms with Gasteiger partial charge in [0.1, 0.15) is 11.6 Å². The molecule has 3 heterocycles. The largest absolute Gasteiger partial charge is 0.436 e. The fourth-order valence-electron chi connectivity index (χ4n) is 4.36. The summed E-state index contributed by atoms with van der Waals surface area (Å²) in [5.41, 5.74) is 2.65. The molecule has 2 atom stereocenters. The fourth-order valence-corrected chi connectivity index (χ4v) is 4.36. The molecule has 3 aromatic rings. The molecule has 164 valence electrons. The summed E-state index contributed by atoms with van der Waals surface area (Å²) >= 11 is 0. The molecule has 2 aliphatic heterocycles. The summed E-state index contributed by atoms with van der Waals surface area (Å²) in [6, 6.07) is 13.6. The van der Waals surface area contributed by atoms with Crippen molar-refractivity contribution in [1.82, 2.24) is 9.88 Å². The van der Waals surface area contributed by atoms with Crippen LogP contribution >= 0.6 is 0 Å². The highest BCUT2D eigenvalue weighted by Gasteiger charge is 2.44. The molecular formula is C24H23N3O5. The van der Waals surface area contributed by atoms with Gasteiger partial charge in [-0.1, -0.05) is 12.1 Å². The summed E-state index contributed by atoms with van der Waals surface area (Å²) in [6.07, 6.45) is 1.66. The van der Waals surface area contributed by atoms with Crippen LogP contribution in [0.25, 0.3) is 22.6 Å². The lowest BCUT2D eigenvalue weighted by molar-refractivity contribution is -0.138. The smallest absolute Gasteiger partial charge is 0.257 e. The van der Waals surface area contributed by atoms with Crippen LogP contribution in [-0.2, 0) is 19.1 Å². The molecule has 2 aliphatic rings. The number of rotatable bonds is 5. The van der Waals surface area contributed by atoms with Crippen LogP contribution in [0.3, 0.4) is 0 Å². The van der Waals surface area contributed by atoms with E-state index in [0.29, 0.717) is 30.3 Å². The first-order valence-corrected chi connectivity index (χ1v) is 10.7. The Hall–Kier alpha value is -3.52. The molecule has 0 aliphatic carbocycles. The highest BCUT2D eigenvalue weighted by Crippen LogP contribution is 2.30. The first-order chi connectivity index (χ1) is 15.5. The minimum atomic E-state index is -0.805. The van der Waals surface area contributed by atoms with E-state index < -0.39 is 11.9 Å². The molecule has 2 unspecified atom stereocenters. The van der Waals surface area contributed by atoms with Gasteiger partial charge >= 0.3 is 0 Å². The van der Waals surface area contributed by atoms with Crippen LogP contribution in [-0.4, -0.2) is 52.9 Å². The number of para-hydroxylation sites is 2. The van der Waals surface area contributed by atoms with Gasteiger partial charge in [-0.25, -0.2) is 9.88 Å². The third-order valence-electron chi connectivity index (χ3n) is 5.99. The van der Waals surface area contributed by atoms with E-state index >= 15 is 0 Å². The van der Waals surface area contributed by atoms with Crippen molar-refractivity contribution >= 4 is 34.5 Å². The van der Waals surface area contributed by atoms with Crippen LogP contribution in [0.15, 0.2) is 52.9 Å². The zero-order valence-electron chi connectivity index (χ0n) is 17.7. The van der Waals surface area contributed by atoms with E-state index in [0.717, 1.165) is 28.8 Å². The quantitative estimate of drug-likeness (QED) is 0.574. The monoisotopic (exact) mass is 433 g/mol. The number of ether oxygens (including phenoxy) is 1. The van der Waals surface area contributed by atoms with Crippen molar-refractivity contribution in [3.05, 3.63) is 48.5 Å². The fraction of sp³-hybridized carbons (Fsp3) is 0.333. The molecule has 3 amide bonds. The Morgan fingerprint density at radius 3 is 2.62 bits per heavy atom. The summed E-state index contributed by atoms with van der Waals surface area (Å²) in [4.78, 5) is 45.3. The molecule has 0 spiro atoms. The third kappa shape index (κ3) is 3.67. The zero-order valence-corrected chi connectivity index (χ0v) is 17.7. The van der Waals surface area contributed by atoms with Gasteiger partial charge in [-0.3, -0.25) is 14.4 Å². The van der Waals surface area contributed by atoms with Crippen LogP contribution in [0.4, 0.5) is 5.69 Å². The summed E-state index contributed by atoms with van der Waals surface area (Å²) in [6.45, 7) is 2.40. The lowest BCUT2D eigenvalue weighted by atomic mass is 10.1. The second-order valence-corrected chi connectivity index (χ2v) is 8.13. The minimum Gasteiger partial charge on any atom is -0.436 e. The predicted molar refractivity (Wildman–Crippen MR) is 117 cm³/mol. The van der Waals surface area contributed by atoms with Crippen molar-refractivity contribution in [2.75, 3.05) is 18.1 Å². The average molecular weight is 433 g/mol. The number of imide groups is 1. The van der Waals surface area contributed by atoms with Crippen molar-refractivity contribution < 1.29 is 23.5 Å². The van der Waals surface area contributed by atoms with Crippen LogP contribution in [0.1, 0.15) is 26.2 Å². The Kier molecular flexibility index (Phi) is 5.22. The Balaban J connectivity index is 1.36. The van der Waals surface area contributed by atoms with E-state index in [9.17, 15) is 14.4 Å². The molecule has 0 saturated carbocycles. The molecule has 2 fully saturated rings. The van der Waals surface area contributed by atoms with E-state index in [1.54, 1.807) is 24.3 Å². The summed E-state index contributed by atoms with van der Waals surface area (Å²) < 4.78 is 11.4. The maximum atomic E-state index is 13.1. The standard InChI is InChI=1S/C24H23N3O5/c1-15(28)26(14-18-5-4-12-31-18)20-13-22(29)27(24(20)30)17-10-8-16(9-11-17)23-25-19-6-2-3-7-21(19)32-23/h2-3,6-11,18,20H,4-5,12-14H2,1H3. The average Bonchev–Trinajstić information content (AvgIpc) is 3.51. The van der Waals surface area contributed by atoms with Gasteiger partial charge in [0, 0.05) is 25.6 Å². The van der Waals surface area contributed by atoms with Crippen molar-refractivity contribution in [3.63, 3.8) is 0 Å². The van der Waals surface area contributed by atoms with Crippen molar-refractivity contribution in [2.45, 2.75) is 38.3 Å². The van der Waals surface area contributed by atoms with Gasteiger partial charge in [0.05, 0.1) is 18.2 Å². The third-order valence-corrected chi connectivity index (χ3v) is 5.99. The summed E-state index contributed by atoms with van der Waals surface area (Å²) in [5, 5.41) is 0. The van der Waals surface area contributed by atoms with E-state index in [4.69, 9.17) is 9.15 Å². The maximum absolute atomic E-state index is 13.1. The van der Waals surface area contributed by atoms with Gasteiger partial charge in [-0.05, 0) is 49.2 Å². The van der Waals surface area contributed by atoms with Gasteiger partial charge in [0.2, 0.25) is 17.7 Å². The summed E-state index contributed by atoms with van der Waals surface area (Å²) in [5.74, 6) is -0.486. The number of carbonyl (C=O) groups is 3. The Labute approximate surface area is 184 Å². The molecule has 32 heavy (non-hydrogen) atoms. The number of carbonyl (C=O) groups excluding carboxylic acids is 3. The van der Waals surface area contributed by atoms with Crippen LogP contribution in [0.2, 0.25) is 0 Å². The van der Waals surface area contributed by atoms with Crippen molar-refractivity contribution in [3.8, 4) is 11.5 Å². The van der Waals surface area contributed by atoms with Crippen molar-refractivity contribution in [2.24, 2.45) is 0 Å². The Morgan fingerprint density at radius 2 is 1.94 bits per heavy atom. The first kappa shape index (κ1) is 20.4. The number of fused-ring (bicyclic) bond motifs is 1. The Bertz CT molecular complexity index is 1150. The number of nitrogens with zero attached hydrogens (tertiary/aromatic N) is 3. The minimum absolute atomic E-state index is 0.0297. The molecule has 5 rings (SSSR count). The number of hydrogen-bond donors (Lipinski definition) is 0. The van der Waals surface area contributed by atoms with Crippen LogP contribution < -0.4 is 4.90 Å². The van der Waals surface area contributed by atoms with E-state index in [-0.39, 0.29) is 24.3 Å². The van der Waals surface area contributed by atoms with Gasteiger partial charge < -0.3 is 14.1 Å². The SMILES string of the molecule is CC(=O)N(CC1CCCO1)C1CC(=O)N(c2ccc(-c3nc4ccccc4o3)cc2)C1=O. The number of hydrogen-bond acceptors (Lipinski definition) is 6. The molecule has 2 aromatic carbocycles.